The van der Waals surface area contributed by atoms with Crippen molar-refractivity contribution in [2.45, 2.75) is 13.5 Å². The van der Waals surface area contributed by atoms with E-state index in [9.17, 15) is 14.9 Å². The van der Waals surface area contributed by atoms with E-state index in [1.165, 1.54) is 24.3 Å². The summed E-state index contributed by atoms with van der Waals surface area (Å²) in [6.07, 6.45) is 0. The van der Waals surface area contributed by atoms with Gasteiger partial charge in [-0.05, 0) is 39.5 Å². The highest BCUT2D eigenvalue weighted by atomic mass is 79.9. The first kappa shape index (κ1) is 15.5. The fourth-order valence-corrected chi connectivity index (χ4v) is 2.88. The second-order valence-corrected chi connectivity index (χ2v) is 6.07. The second kappa shape index (κ2) is 6.68. The van der Waals surface area contributed by atoms with Crippen LogP contribution in [0.5, 0.6) is 0 Å². The predicted molar refractivity (Wildman–Crippen MR) is 86.7 cm³/mol. The first-order chi connectivity index (χ1) is 9.97. The third kappa shape index (κ3) is 4.02. The summed E-state index contributed by atoms with van der Waals surface area (Å²) in [5, 5.41) is 18.6. The third-order valence-electron chi connectivity index (χ3n) is 2.65. The maximum Gasteiger partial charge on any atom is 0.285 e. The topological polar surface area (TPSA) is 84.3 Å². The monoisotopic (exact) mass is 369 g/mol. The molecule has 0 saturated carbocycles. The van der Waals surface area contributed by atoms with Crippen molar-refractivity contribution in [1.29, 1.82) is 0 Å². The van der Waals surface area contributed by atoms with E-state index < -0.39 is 4.92 Å². The van der Waals surface area contributed by atoms with Gasteiger partial charge in [-0.15, -0.1) is 11.3 Å². The van der Waals surface area contributed by atoms with Crippen LogP contribution in [0.15, 0.2) is 34.1 Å². The van der Waals surface area contributed by atoms with Gasteiger partial charge in [-0.2, -0.15) is 0 Å². The zero-order chi connectivity index (χ0) is 15.4. The number of nitro groups is 1. The van der Waals surface area contributed by atoms with Gasteiger partial charge in [0.15, 0.2) is 0 Å². The number of nitro benzene ring substituents is 1. The van der Waals surface area contributed by atoms with Crippen LogP contribution in [0.25, 0.3) is 0 Å². The summed E-state index contributed by atoms with van der Waals surface area (Å²) in [4.78, 5) is 22.5. The minimum Gasteiger partial charge on any atom is -0.380 e. The smallest absolute Gasteiger partial charge is 0.285 e. The second-order valence-electron chi connectivity index (χ2n) is 4.22. The van der Waals surface area contributed by atoms with Gasteiger partial charge in [0.25, 0.3) is 5.69 Å². The molecule has 0 aliphatic rings. The molecule has 1 heterocycles. The normalized spacial score (nSPS) is 10.2. The Bertz CT molecular complexity index is 687. The standard InChI is InChI=1S/C13H12BrN3O3S/c1-8(18)16-11-4-5-21-13(11)7-15-9-2-3-10(14)12(6-9)17(19)20/h2-6,15H,7H2,1H3,(H,16,18). The van der Waals surface area contributed by atoms with E-state index in [1.807, 2.05) is 11.4 Å². The van der Waals surface area contributed by atoms with E-state index in [-0.39, 0.29) is 11.6 Å². The van der Waals surface area contributed by atoms with Gasteiger partial charge in [-0.25, -0.2) is 0 Å². The number of benzene rings is 1. The van der Waals surface area contributed by atoms with E-state index >= 15 is 0 Å². The van der Waals surface area contributed by atoms with Crippen molar-refractivity contribution in [3.8, 4) is 0 Å². The molecule has 21 heavy (non-hydrogen) atoms. The SMILES string of the molecule is CC(=O)Nc1ccsc1CNc1ccc(Br)c([N+](=O)[O-])c1. The Labute approximate surface area is 133 Å². The van der Waals surface area contributed by atoms with Gasteiger partial charge in [0.2, 0.25) is 5.91 Å². The van der Waals surface area contributed by atoms with Crippen LogP contribution in [0.1, 0.15) is 11.8 Å². The fraction of sp³-hybridized carbons (Fsp3) is 0.154. The summed E-state index contributed by atoms with van der Waals surface area (Å²) in [5.41, 5.74) is 1.41. The summed E-state index contributed by atoms with van der Waals surface area (Å²) in [6, 6.07) is 6.68. The molecule has 1 aromatic carbocycles. The number of halogens is 1. The lowest BCUT2D eigenvalue weighted by atomic mass is 10.2. The summed E-state index contributed by atoms with van der Waals surface area (Å²) in [6.45, 7) is 1.93. The largest absolute Gasteiger partial charge is 0.380 e. The summed E-state index contributed by atoms with van der Waals surface area (Å²) in [5.74, 6) is -0.131. The molecule has 2 N–H and O–H groups in total. The van der Waals surface area contributed by atoms with Crippen molar-refractivity contribution in [3.05, 3.63) is 49.1 Å². The molecule has 0 fully saturated rings. The predicted octanol–water partition coefficient (Wildman–Crippen LogP) is 3.99. The molecule has 8 heteroatoms. The number of nitrogens with one attached hydrogen (secondary N) is 2. The van der Waals surface area contributed by atoms with Gasteiger partial charge in [-0.1, -0.05) is 0 Å². The zero-order valence-electron chi connectivity index (χ0n) is 11.1. The Morgan fingerprint density at radius 3 is 2.86 bits per heavy atom. The molecule has 0 radical (unpaired) electrons. The number of carbonyl (C=O) groups is 1. The lowest BCUT2D eigenvalue weighted by Crippen LogP contribution is -2.08. The van der Waals surface area contributed by atoms with Crippen LogP contribution in [0, 0.1) is 10.1 Å². The first-order valence-corrected chi connectivity index (χ1v) is 7.66. The molecule has 1 aromatic heterocycles. The lowest BCUT2D eigenvalue weighted by Gasteiger charge is -2.08. The molecule has 2 aromatic rings. The molecular weight excluding hydrogens is 358 g/mol. The maximum absolute atomic E-state index is 11.1. The molecule has 0 bridgehead atoms. The van der Waals surface area contributed by atoms with Gasteiger partial charge in [0.05, 0.1) is 21.6 Å². The number of thiophene rings is 1. The number of hydrogen-bond acceptors (Lipinski definition) is 5. The Morgan fingerprint density at radius 2 is 2.19 bits per heavy atom. The summed E-state index contributed by atoms with van der Waals surface area (Å²) < 4.78 is 0.438. The number of hydrogen-bond donors (Lipinski definition) is 2. The third-order valence-corrected chi connectivity index (χ3v) is 4.24. The van der Waals surface area contributed by atoms with Crippen molar-refractivity contribution in [3.63, 3.8) is 0 Å². The summed E-state index contributed by atoms with van der Waals surface area (Å²) >= 11 is 4.65. The number of rotatable bonds is 5. The van der Waals surface area contributed by atoms with Crippen LogP contribution >= 0.6 is 27.3 Å². The lowest BCUT2D eigenvalue weighted by molar-refractivity contribution is -0.385. The van der Waals surface area contributed by atoms with Crippen LogP contribution in [0.2, 0.25) is 0 Å². The Balaban J connectivity index is 2.10. The molecule has 0 unspecified atom stereocenters. The van der Waals surface area contributed by atoms with Gasteiger partial charge >= 0.3 is 0 Å². The Hall–Kier alpha value is -1.93. The molecule has 0 saturated heterocycles. The molecule has 0 atom stereocenters. The van der Waals surface area contributed by atoms with Crippen molar-refractivity contribution < 1.29 is 9.72 Å². The molecule has 0 aliphatic carbocycles. The molecule has 0 aliphatic heterocycles. The van der Waals surface area contributed by atoms with Crippen molar-refractivity contribution in [2.75, 3.05) is 10.6 Å². The molecule has 0 spiro atoms. The van der Waals surface area contributed by atoms with Crippen molar-refractivity contribution in [2.24, 2.45) is 0 Å². The van der Waals surface area contributed by atoms with Crippen LogP contribution in [-0.2, 0) is 11.3 Å². The van der Waals surface area contributed by atoms with Gasteiger partial charge in [0, 0.05) is 23.6 Å². The molecule has 1 amide bonds. The Morgan fingerprint density at radius 1 is 1.43 bits per heavy atom. The van der Waals surface area contributed by atoms with Crippen LogP contribution in [-0.4, -0.2) is 10.8 Å². The number of nitrogens with zero attached hydrogens (tertiary/aromatic N) is 1. The van der Waals surface area contributed by atoms with E-state index in [1.54, 1.807) is 12.1 Å². The molecular formula is C13H12BrN3O3S. The highest BCUT2D eigenvalue weighted by molar-refractivity contribution is 9.10. The number of carbonyl (C=O) groups excluding carboxylic acids is 1. The average molecular weight is 370 g/mol. The van der Waals surface area contributed by atoms with Gasteiger partial charge < -0.3 is 10.6 Å². The maximum atomic E-state index is 11.1. The van der Waals surface area contributed by atoms with Crippen LogP contribution < -0.4 is 10.6 Å². The zero-order valence-corrected chi connectivity index (χ0v) is 13.5. The van der Waals surface area contributed by atoms with Crippen LogP contribution in [0.3, 0.4) is 0 Å². The Kier molecular flexibility index (Phi) is 4.92. The van der Waals surface area contributed by atoms with Gasteiger partial charge in [0.1, 0.15) is 0 Å². The van der Waals surface area contributed by atoms with E-state index in [0.717, 1.165) is 10.6 Å². The number of amides is 1. The average Bonchev–Trinajstić information content (AvgIpc) is 2.84. The van der Waals surface area contributed by atoms with Crippen molar-refractivity contribution in [1.82, 2.24) is 0 Å². The molecule has 2 rings (SSSR count). The molecule has 6 nitrogen and oxygen atoms in total. The highest BCUT2D eigenvalue weighted by Gasteiger charge is 2.12. The van der Waals surface area contributed by atoms with Gasteiger partial charge in [-0.3, -0.25) is 14.9 Å². The summed E-state index contributed by atoms with van der Waals surface area (Å²) in [7, 11) is 0. The fourth-order valence-electron chi connectivity index (χ4n) is 1.72. The minimum atomic E-state index is -0.441. The van der Waals surface area contributed by atoms with Crippen LogP contribution in [0.4, 0.5) is 17.1 Å². The quantitative estimate of drug-likeness (QED) is 0.616. The number of anilines is 2. The van der Waals surface area contributed by atoms with E-state index in [0.29, 0.717) is 16.7 Å². The van der Waals surface area contributed by atoms with Crippen molar-refractivity contribution >= 4 is 50.2 Å². The molecule has 110 valence electrons. The highest BCUT2D eigenvalue weighted by Crippen LogP contribution is 2.29. The first-order valence-electron chi connectivity index (χ1n) is 5.99. The van der Waals surface area contributed by atoms with E-state index in [4.69, 9.17) is 0 Å². The minimum absolute atomic E-state index is 0.00765. The van der Waals surface area contributed by atoms with E-state index in [2.05, 4.69) is 26.6 Å².